The lowest BCUT2D eigenvalue weighted by Crippen LogP contribution is -2.27. The van der Waals surface area contributed by atoms with Gasteiger partial charge in [-0.05, 0) is 76.2 Å². The predicted molar refractivity (Wildman–Crippen MR) is 145 cm³/mol. The van der Waals surface area contributed by atoms with E-state index in [0.717, 1.165) is 11.1 Å². The average Bonchev–Trinajstić information content (AvgIpc) is 3.11. The number of thioether (sulfide) groups is 1. The number of nitrogens with zero attached hydrogens (tertiary/aromatic N) is 1. The molecule has 1 aliphatic rings. The van der Waals surface area contributed by atoms with E-state index in [1.807, 2.05) is 60.7 Å². The van der Waals surface area contributed by atoms with Crippen LogP contribution in [0.2, 0.25) is 0 Å². The summed E-state index contributed by atoms with van der Waals surface area (Å²) in [6.45, 7) is 0.435. The molecule has 0 radical (unpaired) electrons. The van der Waals surface area contributed by atoms with Gasteiger partial charge in [-0.1, -0.05) is 54.3 Å². The molecule has 0 atom stereocenters. The molecule has 0 saturated carbocycles. The normalized spacial score (nSPS) is 14.6. The van der Waals surface area contributed by atoms with E-state index in [-0.39, 0.29) is 5.91 Å². The Kier molecular flexibility index (Phi) is 7.56. The molecule has 4 rings (SSSR count). The second-order valence-corrected chi connectivity index (χ2v) is 9.94. The highest BCUT2D eigenvalue weighted by Crippen LogP contribution is 2.40. The maximum atomic E-state index is 13.1. The van der Waals surface area contributed by atoms with Crippen LogP contribution in [-0.4, -0.2) is 24.4 Å². The van der Waals surface area contributed by atoms with Gasteiger partial charge < -0.3 is 14.2 Å². The Morgan fingerprint density at radius 1 is 0.970 bits per heavy atom. The smallest absolute Gasteiger partial charge is 0.270 e. The van der Waals surface area contributed by atoms with E-state index in [1.54, 1.807) is 26.4 Å². The number of anilines is 1. The number of hydrogen-bond acceptors (Lipinski definition) is 6. The number of benzene rings is 3. The molecule has 168 valence electrons. The van der Waals surface area contributed by atoms with Crippen molar-refractivity contribution in [3.05, 3.63) is 86.3 Å². The Labute approximate surface area is 215 Å². The molecule has 33 heavy (non-hydrogen) atoms. The Hall–Kier alpha value is -2.56. The van der Waals surface area contributed by atoms with Gasteiger partial charge in [0, 0.05) is 3.57 Å². The number of carbonyl (C=O) groups is 1. The van der Waals surface area contributed by atoms with E-state index < -0.39 is 0 Å². The van der Waals surface area contributed by atoms with Crippen molar-refractivity contribution in [2.45, 2.75) is 6.61 Å². The minimum Gasteiger partial charge on any atom is -0.495 e. The first-order chi connectivity index (χ1) is 16.0. The first kappa shape index (κ1) is 23.6. The fourth-order valence-corrected chi connectivity index (χ4v) is 4.92. The van der Waals surface area contributed by atoms with E-state index in [2.05, 4.69) is 22.6 Å². The number of amides is 1. The highest BCUT2D eigenvalue weighted by atomic mass is 127. The Balaban J connectivity index is 1.54. The molecular formula is C25H20INO4S2. The molecule has 3 aromatic carbocycles. The highest BCUT2D eigenvalue weighted by Gasteiger charge is 2.34. The molecule has 5 nitrogen and oxygen atoms in total. The molecule has 0 aromatic heterocycles. The lowest BCUT2D eigenvalue weighted by Gasteiger charge is -2.17. The number of hydrogen-bond donors (Lipinski definition) is 0. The van der Waals surface area contributed by atoms with Gasteiger partial charge in [0.05, 0.1) is 24.8 Å². The summed E-state index contributed by atoms with van der Waals surface area (Å²) in [5.74, 6) is 1.63. The summed E-state index contributed by atoms with van der Waals surface area (Å²) in [4.78, 5) is 15.2. The summed E-state index contributed by atoms with van der Waals surface area (Å²) in [7, 11) is 3.17. The van der Waals surface area contributed by atoms with Crippen LogP contribution in [0.1, 0.15) is 11.1 Å². The van der Waals surface area contributed by atoms with Crippen LogP contribution < -0.4 is 19.1 Å². The number of rotatable bonds is 7. The standard InChI is InChI=1S/C25H20INO4S2/c1-29-20-6-4-3-5-19(20)27-24(28)23(33-25(27)32)14-17-9-12-21(22(13-17)30-2)31-15-16-7-10-18(26)11-8-16/h3-14H,15H2,1-2H3/b23-14-. The van der Waals surface area contributed by atoms with Crippen LogP contribution >= 0.6 is 46.6 Å². The van der Waals surface area contributed by atoms with Gasteiger partial charge in [0.15, 0.2) is 15.8 Å². The van der Waals surface area contributed by atoms with E-state index in [1.165, 1.54) is 20.2 Å². The molecule has 8 heteroatoms. The van der Waals surface area contributed by atoms with E-state index in [9.17, 15) is 4.79 Å². The molecule has 0 unspecified atom stereocenters. The summed E-state index contributed by atoms with van der Waals surface area (Å²) in [6, 6.07) is 21.1. The summed E-state index contributed by atoms with van der Waals surface area (Å²) >= 11 is 9.02. The first-order valence-electron chi connectivity index (χ1n) is 9.96. The van der Waals surface area contributed by atoms with Crippen molar-refractivity contribution in [2.75, 3.05) is 19.1 Å². The first-order valence-corrected chi connectivity index (χ1v) is 12.3. The minimum absolute atomic E-state index is 0.187. The molecule has 1 amide bonds. The number of thiocarbonyl (C=S) groups is 1. The van der Waals surface area contributed by atoms with E-state index in [4.69, 9.17) is 26.4 Å². The zero-order valence-corrected chi connectivity index (χ0v) is 21.7. The SMILES string of the molecule is COc1cc(/C=C2\SC(=S)N(c3ccccc3OC)C2=O)ccc1OCc1ccc(I)cc1. The van der Waals surface area contributed by atoms with Crippen LogP contribution in [0.3, 0.4) is 0 Å². The number of para-hydroxylation sites is 2. The summed E-state index contributed by atoms with van der Waals surface area (Å²) in [5, 5.41) is 0. The maximum absolute atomic E-state index is 13.1. The minimum atomic E-state index is -0.187. The quantitative estimate of drug-likeness (QED) is 0.183. The van der Waals surface area contributed by atoms with Gasteiger partial charge in [-0.3, -0.25) is 9.69 Å². The molecule has 0 aliphatic carbocycles. The molecule has 1 heterocycles. The van der Waals surface area contributed by atoms with Gasteiger partial charge in [-0.15, -0.1) is 0 Å². The van der Waals surface area contributed by atoms with Crippen molar-refractivity contribution in [2.24, 2.45) is 0 Å². The van der Waals surface area contributed by atoms with Gasteiger partial charge in [0.2, 0.25) is 0 Å². The number of methoxy groups -OCH3 is 2. The molecule has 0 N–H and O–H groups in total. The summed E-state index contributed by atoms with van der Waals surface area (Å²) in [6.07, 6.45) is 1.81. The fourth-order valence-electron chi connectivity index (χ4n) is 3.28. The second-order valence-electron chi connectivity index (χ2n) is 7.01. The van der Waals surface area contributed by atoms with Crippen molar-refractivity contribution in [1.82, 2.24) is 0 Å². The van der Waals surface area contributed by atoms with Crippen molar-refractivity contribution in [3.8, 4) is 17.2 Å². The average molecular weight is 589 g/mol. The topological polar surface area (TPSA) is 48.0 Å². The van der Waals surface area contributed by atoms with E-state index >= 15 is 0 Å². The molecular weight excluding hydrogens is 569 g/mol. The Bertz CT molecular complexity index is 1230. The summed E-state index contributed by atoms with van der Waals surface area (Å²) in [5.41, 5.74) is 2.51. The number of ether oxygens (including phenoxy) is 3. The second kappa shape index (κ2) is 10.6. The third-order valence-corrected chi connectivity index (χ3v) is 6.93. The van der Waals surface area contributed by atoms with Gasteiger partial charge in [0.1, 0.15) is 12.4 Å². The monoisotopic (exact) mass is 589 g/mol. The van der Waals surface area contributed by atoms with E-state index in [0.29, 0.717) is 38.8 Å². The molecule has 1 saturated heterocycles. The Morgan fingerprint density at radius 3 is 2.42 bits per heavy atom. The maximum Gasteiger partial charge on any atom is 0.270 e. The lowest BCUT2D eigenvalue weighted by atomic mass is 10.1. The third-order valence-electron chi connectivity index (χ3n) is 4.91. The lowest BCUT2D eigenvalue weighted by molar-refractivity contribution is -0.113. The van der Waals surface area contributed by atoms with Crippen molar-refractivity contribution in [3.63, 3.8) is 0 Å². The van der Waals surface area contributed by atoms with Gasteiger partial charge in [-0.25, -0.2) is 0 Å². The van der Waals surface area contributed by atoms with Crippen molar-refractivity contribution < 1.29 is 19.0 Å². The Morgan fingerprint density at radius 2 is 1.70 bits per heavy atom. The van der Waals surface area contributed by atoms with Crippen molar-refractivity contribution >= 4 is 68.6 Å². The molecule has 3 aromatic rings. The number of carbonyl (C=O) groups excluding carboxylic acids is 1. The van der Waals surface area contributed by atoms with Crippen LogP contribution in [0, 0.1) is 3.57 Å². The van der Waals surface area contributed by atoms with Crippen LogP contribution in [-0.2, 0) is 11.4 Å². The van der Waals surface area contributed by atoms with Crippen molar-refractivity contribution in [1.29, 1.82) is 0 Å². The van der Waals surface area contributed by atoms with Gasteiger partial charge in [-0.2, -0.15) is 0 Å². The third kappa shape index (κ3) is 5.34. The molecule has 0 spiro atoms. The largest absolute Gasteiger partial charge is 0.495 e. The van der Waals surface area contributed by atoms with Crippen LogP contribution in [0.4, 0.5) is 5.69 Å². The predicted octanol–water partition coefficient (Wildman–Crippen LogP) is 6.29. The van der Waals surface area contributed by atoms with Crippen LogP contribution in [0.15, 0.2) is 71.6 Å². The molecule has 1 fully saturated rings. The summed E-state index contributed by atoms with van der Waals surface area (Å²) < 4.78 is 18.5. The fraction of sp³-hybridized carbons (Fsp3) is 0.120. The van der Waals surface area contributed by atoms with Crippen LogP contribution in [0.5, 0.6) is 17.2 Å². The van der Waals surface area contributed by atoms with Crippen LogP contribution in [0.25, 0.3) is 6.08 Å². The highest BCUT2D eigenvalue weighted by molar-refractivity contribution is 14.1. The zero-order valence-electron chi connectivity index (χ0n) is 17.9. The molecule has 1 aliphatic heterocycles. The molecule has 0 bridgehead atoms. The van der Waals surface area contributed by atoms with Gasteiger partial charge in [0.25, 0.3) is 5.91 Å². The zero-order chi connectivity index (χ0) is 23.4. The van der Waals surface area contributed by atoms with Gasteiger partial charge >= 0.3 is 0 Å². The number of halogens is 1.